The van der Waals surface area contributed by atoms with Crippen molar-refractivity contribution in [3.8, 4) is 0 Å². The first-order valence-electron chi connectivity index (χ1n) is 9.34. The Morgan fingerprint density at radius 2 is 1.68 bits per heavy atom. The molecule has 11 heteroatoms. The Labute approximate surface area is 183 Å². The van der Waals surface area contributed by atoms with E-state index in [1.165, 1.54) is 22.5 Å². The summed E-state index contributed by atoms with van der Waals surface area (Å²) in [5, 5.41) is 2.42. The normalized spacial score (nSPS) is 15.5. The number of hydrogen-bond donors (Lipinski definition) is 1. The molecule has 1 fully saturated rings. The van der Waals surface area contributed by atoms with Gasteiger partial charge in [-0.15, -0.1) is 0 Å². The molecular weight excluding hydrogens is 454 g/mol. The summed E-state index contributed by atoms with van der Waals surface area (Å²) in [5.41, 5.74) is 0.184. The summed E-state index contributed by atoms with van der Waals surface area (Å²) in [4.78, 5) is 24.2. The van der Waals surface area contributed by atoms with Gasteiger partial charge in [-0.05, 0) is 55.3 Å². The first kappa shape index (κ1) is 23.1. The largest absolute Gasteiger partial charge is 0.455 e. The standard InChI is InChI=1S/C20H19ClF2N2O5S/c21-17-11-15(23)3-6-18(17)24-19(26)12-30-20(27)13-7-9-25(10-8-13)31(28,29)16-4-1-14(22)2-5-16/h1-6,11,13H,7-10,12H2,(H,24,26). The first-order valence-corrected chi connectivity index (χ1v) is 11.2. The number of esters is 1. The molecule has 2 aromatic rings. The van der Waals surface area contributed by atoms with Crippen LogP contribution in [-0.2, 0) is 24.3 Å². The molecule has 1 amide bonds. The van der Waals surface area contributed by atoms with E-state index in [0.29, 0.717) is 0 Å². The van der Waals surface area contributed by atoms with Gasteiger partial charge in [0.15, 0.2) is 6.61 Å². The highest BCUT2D eigenvalue weighted by molar-refractivity contribution is 7.89. The van der Waals surface area contributed by atoms with Gasteiger partial charge in [-0.1, -0.05) is 11.6 Å². The molecule has 0 aromatic heterocycles. The van der Waals surface area contributed by atoms with Gasteiger partial charge in [-0.2, -0.15) is 4.31 Å². The van der Waals surface area contributed by atoms with Gasteiger partial charge in [0, 0.05) is 13.1 Å². The highest BCUT2D eigenvalue weighted by Crippen LogP contribution is 2.25. The van der Waals surface area contributed by atoms with Gasteiger partial charge >= 0.3 is 5.97 Å². The van der Waals surface area contributed by atoms with Gasteiger partial charge in [0.2, 0.25) is 10.0 Å². The molecule has 0 radical (unpaired) electrons. The van der Waals surface area contributed by atoms with Crippen LogP contribution in [0.2, 0.25) is 5.02 Å². The van der Waals surface area contributed by atoms with E-state index in [2.05, 4.69) is 5.32 Å². The molecule has 0 spiro atoms. The zero-order chi connectivity index (χ0) is 22.6. The fourth-order valence-corrected chi connectivity index (χ4v) is 4.80. The number of anilines is 1. The smallest absolute Gasteiger partial charge is 0.309 e. The maximum atomic E-state index is 13.0. The van der Waals surface area contributed by atoms with Crippen molar-refractivity contribution in [2.45, 2.75) is 17.7 Å². The number of carbonyl (C=O) groups excluding carboxylic acids is 2. The summed E-state index contributed by atoms with van der Waals surface area (Å²) in [6.07, 6.45) is 0.454. The Morgan fingerprint density at radius 3 is 2.29 bits per heavy atom. The molecule has 2 aromatic carbocycles. The van der Waals surface area contributed by atoms with Crippen molar-refractivity contribution >= 4 is 39.2 Å². The van der Waals surface area contributed by atoms with Gasteiger partial charge in [-0.25, -0.2) is 17.2 Å². The van der Waals surface area contributed by atoms with Crippen LogP contribution in [0.4, 0.5) is 14.5 Å². The number of hydrogen-bond acceptors (Lipinski definition) is 5. The molecule has 1 heterocycles. The van der Waals surface area contributed by atoms with Crippen LogP contribution in [0.1, 0.15) is 12.8 Å². The molecule has 0 aliphatic carbocycles. The number of amides is 1. The number of rotatable bonds is 6. The van der Waals surface area contributed by atoms with Crippen LogP contribution in [-0.4, -0.2) is 44.3 Å². The van der Waals surface area contributed by atoms with E-state index in [1.54, 1.807) is 0 Å². The van der Waals surface area contributed by atoms with E-state index < -0.39 is 46.1 Å². The van der Waals surface area contributed by atoms with Gasteiger partial charge < -0.3 is 10.1 Å². The van der Waals surface area contributed by atoms with Crippen LogP contribution in [0.3, 0.4) is 0 Å². The van der Waals surface area contributed by atoms with Gasteiger partial charge in [0.25, 0.3) is 5.91 Å². The molecule has 3 rings (SSSR count). The second-order valence-corrected chi connectivity index (χ2v) is 9.26. The number of piperidine rings is 1. The maximum Gasteiger partial charge on any atom is 0.309 e. The van der Waals surface area contributed by atoms with Gasteiger partial charge in [0.1, 0.15) is 11.6 Å². The molecule has 7 nitrogen and oxygen atoms in total. The van der Waals surface area contributed by atoms with Gasteiger partial charge in [0.05, 0.1) is 21.5 Å². The predicted molar refractivity (Wildman–Crippen MR) is 109 cm³/mol. The van der Waals surface area contributed by atoms with Crippen LogP contribution in [0.25, 0.3) is 0 Å². The Kier molecular flexibility index (Phi) is 7.24. The Hall–Kier alpha value is -2.56. The lowest BCUT2D eigenvalue weighted by Gasteiger charge is -2.30. The third kappa shape index (κ3) is 5.78. The highest BCUT2D eigenvalue weighted by Gasteiger charge is 2.33. The van der Waals surface area contributed by atoms with Crippen molar-refractivity contribution in [3.63, 3.8) is 0 Å². The Morgan fingerprint density at radius 1 is 1.06 bits per heavy atom. The van der Waals surface area contributed by atoms with Gasteiger partial charge in [-0.3, -0.25) is 9.59 Å². The highest BCUT2D eigenvalue weighted by atomic mass is 35.5. The number of nitrogens with zero attached hydrogens (tertiary/aromatic N) is 1. The quantitative estimate of drug-likeness (QED) is 0.652. The fraction of sp³-hybridized carbons (Fsp3) is 0.300. The predicted octanol–water partition coefficient (Wildman–Crippen LogP) is 3.20. The van der Waals surface area contributed by atoms with E-state index in [-0.39, 0.29) is 41.5 Å². The minimum absolute atomic E-state index is 0.00872. The average molecular weight is 473 g/mol. The number of nitrogens with one attached hydrogen (secondary N) is 1. The topological polar surface area (TPSA) is 92.8 Å². The minimum atomic E-state index is -3.78. The average Bonchev–Trinajstić information content (AvgIpc) is 2.74. The van der Waals surface area contributed by atoms with E-state index in [0.717, 1.165) is 24.3 Å². The van der Waals surface area contributed by atoms with E-state index in [4.69, 9.17) is 16.3 Å². The summed E-state index contributed by atoms with van der Waals surface area (Å²) in [7, 11) is -3.78. The van der Waals surface area contributed by atoms with E-state index in [1.807, 2.05) is 0 Å². The molecular formula is C20H19ClF2N2O5S. The van der Waals surface area contributed by atoms with Crippen LogP contribution >= 0.6 is 11.6 Å². The van der Waals surface area contributed by atoms with Crippen molar-refractivity contribution in [1.29, 1.82) is 0 Å². The molecule has 0 unspecified atom stereocenters. The summed E-state index contributed by atoms with van der Waals surface area (Å²) in [5.74, 6) is -2.90. The number of benzene rings is 2. The first-order chi connectivity index (χ1) is 14.7. The van der Waals surface area contributed by atoms with Crippen LogP contribution in [0.15, 0.2) is 47.4 Å². The minimum Gasteiger partial charge on any atom is -0.455 e. The number of carbonyl (C=O) groups is 2. The van der Waals surface area contributed by atoms with Crippen molar-refractivity contribution < 1.29 is 31.5 Å². The molecule has 1 aliphatic heterocycles. The summed E-state index contributed by atoms with van der Waals surface area (Å²) < 4.78 is 57.5. The summed E-state index contributed by atoms with van der Waals surface area (Å²) in [6.45, 7) is -0.367. The molecule has 1 saturated heterocycles. The maximum absolute atomic E-state index is 13.0. The Balaban J connectivity index is 1.48. The third-order valence-electron chi connectivity index (χ3n) is 4.79. The van der Waals surface area contributed by atoms with Crippen LogP contribution in [0, 0.1) is 17.6 Å². The number of halogens is 3. The molecule has 0 saturated carbocycles. The summed E-state index contributed by atoms with van der Waals surface area (Å²) >= 11 is 5.83. The zero-order valence-electron chi connectivity index (χ0n) is 16.2. The van der Waals surface area contributed by atoms with E-state index >= 15 is 0 Å². The van der Waals surface area contributed by atoms with Crippen molar-refractivity contribution in [1.82, 2.24) is 4.31 Å². The second-order valence-electron chi connectivity index (χ2n) is 6.91. The lowest BCUT2D eigenvalue weighted by Crippen LogP contribution is -2.40. The van der Waals surface area contributed by atoms with Crippen molar-refractivity contribution in [2.75, 3.05) is 25.0 Å². The third-order valence-corrected chi connectivity index (χ3v) is 7.01. The monoisotopic (exact) mass is 472 g/mol. The molecule has 166 valence electrons. The van der Waals surface area contributed by atoms with E-state index in [9.17, 15) is 26.8 Å². The van der Waals surface area contributed by atoms with Crippen LogP contribution in [0.5, 0.6) is 0 Å². The number of sulfonamides is 1. The zero-order valence-corrected chi connectivity index (χ0v) is 17.8. The van der Waals surface area contributed by atoms with Crippen molar-refractivity contribution in [3.05, 3.63) is 59.1 Å². The van der Waals surface area contributed by atoms with Crippen LogP contribution < -0.4 is 5.32 Å². The molecule has 31 heavy (non-hydrogen) atoms. The second kappa shape index (κ2) is 9.71. The molecule has 1 aliphatic rings. The SMILES string of the molecule is O=C(COC(=O)C1CCN(S(=O)(=O)c2ccc(F)cc2)CC1)Nc1ccc(F)cc1Cl. The molecule has 0 atom stereocenters. The lowest BCUT2D eigenvalue weighted by atomic mass is 9.98. The Bertz CT molecular complexity index is 1070. The fourth-order valence-electron chi connectivity index (χ4n) is 3.12. The molecule has 1 N–H and O–H groups in total. The lowest BCUT2D eigenvalue weighted by molar-refractivity contribution is -0.152. The number of ether oxygens (including phenoxy) is 1. The molecule has 0 bridgehead atoms. The van der Waals surface area contributed by atoms with Crippen molar-refractivity contribution in [2.24, 2.45) is 5.92 Å². The summed E-state index contributed by atoms with van der Waals surface area (Å²) in [6, 6.07) is 7.98.